The maximum atomic E-state index is 11.9. The largest absolute Gasteiger partial charge is 0.481 e. The molecule has 0 fully saturated rings. The lowest BCUT2D eigenvalue weighted by molar-refractivity contribution is -0.127. The van der Waals surface area contributed by atoms with Gasteiger partial charge in [-0.1, -0.05) is 46.3 Å². The molecule has 2 aromatic rings. The van der Waals surface area contributed by atoms with E-state index in [1.54, 1.807) is 25.3 Å². The summed E-state index contributed by atoms with van der Waals surface area (Å²) in [6, 6.07) is 15.2. The van der Waals surface area contributed by atoms with Gasteiger partial charge in [0.15, 0.2) is 6.10 Å². The molecule has 0 aromatic heterocycles. The van der Waals surface area contributed by atoms with Gasteiger partial charge in [-0.2, -0.15) is 5.10 Å². The van der Waals surface area contributed by atoms with Crippen molar-refractivity contribution in [3.63, 3.8) is 0 Å². The Morgan fingerprint density at radius 1 is 1.27 bits per heavy atom. The average Bonchev–Trinajstić information content (AvgIpc) is 2.49. The predicted octanol–water partition coefficient (Wildman–Crippen LogP) is 3.68. The molecule has 0 saturated heterocycles. The van der Waals surface area contributed by atoms with Crippen molar-refractivity contribution in [2.24, 2.45) is 5.10 Å². The molecule has 1 atom stereocenters. The van der Waals surface area contributed by atoms with Crippen molar-refractivity contribution in [3.8, 4) is 5.75 Å². The molecule has 0 bridgehead atoms. The van der Waals surface area contributed by atoms with Gasteiger partial charge in [-0.25, -0.2) is 5.43 Å². The second-order valence-electron chi connectivity index (χ2n) is 4.81. The number of hydrazone groups is 1. The zero-order valence-corrected chi connectivity index (χ0v) is 14.0. The van der Waals surface area contributed by atoms with Crippen molar-refractivity contribution < 1.29 is 9.53 Å². The summed E-state index contributed by atoms with van der Waals surface area (Å²) in [5, 5.41) is 3.97. The average molecular weight is 361 g/mol. The van der Waals surface area contributed by atoms with Gasteiger partial charge >= 0.3 is 0 Å². The van der Waals surface area contributed by atoms with Crippen LogP contribution in [0, 0.1) is 6.92 Å². The topological polar surface area (TPSA) is 50.7 Å². The molecule has 1 amide bonds. The maximum Gasteiger partial charge on any atom is 0.280 e. The van der Waals surface area contributed by atoms with Crippen LogP contribution in [0.25, 0.3) is 0 Å². The summed E-state index contributed by atoms with van der Waals surface area (Å²) >= 11 is 3.36. The molecule has 0 aliphatic heterocycles. The number of benzene rings is 2. The van der Waals surface area contributed by atoms with Gasteiger partial charge in [-0.05, 0) is 43.2 Å². The molecule has 0 heterocycles. The molecule has 0 aliphatic carbocycles. The lowest BCUT2D eigenvalue weighted by Crippen LogP contribution is -2.33. The zero-order valence-electron chi connectivity index (χ0n) is 12.4. The zero-order chi connectivity index (χ0) is 15.9. The van der Waals surface area contributed by atoms with Gasteiger partial charge in [0.05, 0.1) is 6.21 Å². The van der Waals surface area contributed by atoms with Crippen molar-refractivity contribution >= 4 is 28.1 Å². The van der Waals surface area contributed by atoms with E-state index in [2.05, 4.69) is 26.5 Å². The fraction of sp³-hybridized carbons (Fsp3) is 0.176. The minimum atomic E-state index is -0.636. The molecule has 2 aromatic carbocycles. The first-order valence-electron chi connectivity index (χ1n) is 6.87. The lowest BCUT2D eigenvalue weighted by Gasteiger charge is -2.13. The summed E-state index contributed by atoms with van der Waals surface area (Å²) in [5.41, 5.74) is 4.54. The number of amides is 1. The number of aryl methyl sites for hydroxylation is 1. The third-order valence-corrected chi connectivity index (χ3v) is 3.54. The van der Waals surface area contributed by atoms with Crippen LogP contribution in [0.1, 0.15) is 18.1 Å². The Bertz CT molecular complexity index is 686. The Morgan fingerprint density at radius 2 is 2.05 bits per heavy atom. The van der Waals surface area contributed by atoms with Crippen LogP contribution in [0.15, 0.2) is 58.1 Å². The summed E-state index contributed by atoms with van der Waals surface area (Å²) in [4.78, 5) is 11.9. The number of halogens is 1. The van der Waals surface area contributed by atoms with Crippen LogP contribution in [0.5, 0.6) is 5.75 Å². The fourth-order valence-electron chi connectivity index (χ4n) is 1.79. The van der Waals surface area contributed by atoms with Gasteiger partial charge in [0.1, 0.15) is 5.75 Å². The molecule has 0 unspecified atom stereocenters. The Labute approximate surface area is 138 Å². The fourth-order valence-corrected chi connectivity index (χ4v) is 2.16. The Hall–Kier alpha value is -2.14. The maximum absolute atomic E-state index is 11.9. The van der Waals surface area contributed by atoms with E-state index in [9.17, 15) is 4.79 Å². The Balaban J connectivity index is 1.90. The number of nitrogens with one attached hydrogen (secondary N) is 1. The molecule has 1 N–H and O–H groups in total. The van der Waals surface area contributed by atoms with Gasteiger partial charge in [0.25, 0.3) is 5.91 Å². The van der Waals surface area contributed by atoms with Crippen molar-refractivity contribution in [2.75, 3.05) is 0 Å². The van der Waals surface area contributed by atoms with Crippen LogP contribution in [0.3, 0.4) is 0 Å². The second-order valence-corrected chi connectivity index (χ2v) is 5.72. The molecule has 0 spiro atoms. The number of hydrogen-bond acceptors (Lipinski definition) is 3. The molecule has 0 radical (unpaired) electrons. The third kappa shape index (κ3) is 4.70. The molecular formula is C17H17BrN2O2. The van der Waals surface area contributed by atoms with Gasteiger partial charge in [-0.15, -0.1) is 0 Å². The minimum Gasteiger partial charge on any atom is -0.481 e. The number of ether oxygens (including phenoxy) is 1. The van der Waals surface area contributed by atoms with Crippen molar-refractivity contribution in [1.82, 2.24) is 5.43 Å². The van der Waals surface area contributed by atoms with Gasteiger partial charge in [0, 0.05) is 4.47 Å². The van der Waals surface area contributed by atoms with E-state index in [0.717, 1.165) is 15.6 Å². The molecule has 5 heteroatoms. The summed E-state index contributed by atoms with van der Waals surface area (Å²) in [6.07, 6.45) is 0.988. The summed E-state index contributed by atoms with van der Waals surface area (Å²) < 4.78 is 6.47. The first-order valence-corrected chi connectivity index (χ1v) is 7.66. The van der Waals surface area contributed by atoms with E-state index in [1.165, 1.54) is 0 Å². The normalized spacial score (nSPS) is 12.1. The minimum absolute atomic E-state index is 0.301. The van der Waals surface area contributed by atoms with Crippen LogP contribution >= 0.6 is 15.9 Å². The highest BCUT2D eigenvalue weighted by Crippen LogP contribution is 2.18. The van der Waals surface area contributed by atoms with Gasteiger partial charge in [-0.3, -0.25) is 4.79 Å². The monoisotopic (exact) mass is 360 g/mol. The van der Waals surface area contributed by atoms with Crippen molar-refractivity contribution in [1.29, 1.82) is 0 Å². The standard InChI is InChI=1S/C17H17BrN2O2/c1-12-6-3-4-7-14(12)11-19-20-17(21)13(2)22-16-9-5-8-15(18)10-16/h3-11,13H,1-2H3,(H,20,21)/b19-11-/t13-/m0/s1. The highest BCUT2D eigenvalue weighted by molar-refractivity contribution is 9.10. The third-order valence-electron chi connectivity index (χ3n) is 3.05. The van der Waals surface area contributed by atoms with Crippen LogP contribution < -0.4 is 10.2 Å². The quantitative estimate of drug-likeness (QED) is 0.653. The Morgan fingerprint density at radius 3 is 2.77 bits per heavy atom. The smallest absolute Gasteiger partial charge is 0.280 e. The van der Waals surface area contributed by atoms with Crippen molar-refractivity contribution in [2.45, 2.75) is 20.0 Å². The predicted molar refractivity (Wildman–Crippen MR) is 91.1 cm³/mol. The SMILES string of the molecule is Cc1ccccc1/C=N\NC(=O)[C@H](C)Oc1cccc(Br)c1. The molecule has 22 heavy (non-hydrogen) atoms. The number of carbonyl (C=O) groups is 1. The number of nitrogens with zero attached hydrogens (tertiary/aromatic N) is 1. The van der Waals surface area contributed by atoms with E-state index >= 15 is 0 Å². The first kappa shape index (κ1) is 16.2. The van der Waals surface area contributed by atoms with Crippen LogP contribution in [-0.4, -0.2) is 18.2 Å². The highest BCUT2D eigenvalue weighted by atomic mass is 79.9. The van der Waals surface area contributed by atoms with E-state index in [-0.39, 0.29) is 5.91 Å². The summed E-state index contributed by atoms with van der Waals surface area (Å²) in [7, 11) is 0. The van der Waals surface area contributed by atoms with Gasteiger partial charge < -0.3 is 4.74 Å². The molecule has 114 valence electrons. The first-order chi connectivity index (χ1) is 10.6. The number of rotatable bonds is 5. The van der Waals surface area contributed by atoms with E-state index in [0.29, 0.717) is 5.75 Å². The van der Waals surface area contributed by atoms with Crippen LogP contribution in [0.4, 0.5) is 0 Å². The molecule has 0 saturated carbocycles. The molecule has 4 nitrogen and oxygen atoms in total. The summed E-state index contributed by atoms with van der Waals surface area (Å²) in [5.74, 6) is 0.324. The lowest BCUT2D eigenvalue weighted by atomic mass is 10.1. The second kappa shape index (κ2) is 7.75. The summed E-state index contributed by atoms with van der Waals surface area (Å²) in [6.45, 7) is 3.67. The molecule has 0 aliphatic rings. The van der Waals surface area contributed by atoms with Crippen molar-refractivity contribution in [3.05, 3.63) is 64.1 Å². The van der Waals surface area contributed by atoms with Crippen LogP contribution in [-0.2, 0) is 4.79 Å². The van der Waals surface area contributed by atoms with E-state index < -0.39 is 6.10 Å². The van der Waals surface area contributed by atoms with E-state index in [4.69, 9.17) is 4.74 Å². The molecule has 2 rings (SSSR count). The number of carbonyl (C=O) groups excluding carboxylic acids is 1. The van der Waals surface area contributed by atoms with E-state index in [1.807, 2.05) is 43.3 Å². The van der Waals surface area contributed by atoms with Gasteiger partial charge in [0.2, 0.25) is 0 Å². The van der Waals surface area contributed by atoms with Crippen LogP contribution in [0.2, 0.25) is 0 Å². The molecular weight excluding hydrogens is 344 g/mol. The highest BCUT2D eigenvalue weighted by Gasteiger charge is 2.13. The number of hydrogen-bond donors (Lipinski definition) is 1. The Kier molecular flexibility index (Phi) is 5.72.